The minimum Gasteiger partial charge on any atom is -0.355 e. The Bertz CT molecular complexity index is 385. The van der Waals surface area contributed by atoms with Gasteiger partial charge in [-0.05, 0) is 31.2 Å². The van der Waals surface area contributed by atoms with Crippen LogP contribution in [0, 0.1) is 0 Å². The second-order valence-electron chi connectivity index (χ2n) is 5.65. The summed E-state index contributed by atoms with van der Waals surface area (Å²) in [7, 11) is 0. The molecule has 0 heterocycles. The van der Waals surface area contributed by atoms with Crippen molar-refractivity contribution < 1.29 is 4.79 Å². The summed E-state index contributed by atoms with van der Waals surface area (Å²) in [5, 5.41) is 6.36. The quantitative estimate of drug-likeness (QED) is 0.751. The van der Waals surface area contributed by atoms with E-state index in [2.05, 4.69) is 34.9 Å². The number of aryl methyl sites for hydroxylation is 1. The Kier molecular flexibility index (Phi) is 6.58. The third-order valence-electron chi connectivity index (χ3n) is 3.96. The summed E-state index contributed by atoms with van der Waals surface area (Å²) in [6.07, 6.45) is 8.43. The normalized spacial score (nSPS) is 16.0. The van der Waals surface area contributed by atoms with Crippen LogP contribution in [0.2, 0.25) is 0 Å². The van der Waals surface area contributed by atoms with Crippen molar-refractivity contribution in [2.75, 3.05) is 13.1 Å². The molecular formula is C17H26N2O. The molecule has 2 rings (SSSR count). The standard InChI is InChI=1S/C17H26N2O/c20-17(14-19-16-11-5-2-6-12-16)18-13-7-10-15-8-3-1-4-9-15/h1,3-4,8-9,16,19H,2,5-7,10-14H2,(H,18,20). The maximum atomic E-state index is 11.7. The number of hydrogen-bond acceptors (Lipinski definition) is 2. The molecule has 0 spiro atoms. The van der Waals surface area contributed by atoms with Gasteiger partial charge >= 0.3 is 0 Å². The fraction of sp³-hybridized carbons (Fsp3) is 0.588. The average Bonchev–Trinajstić information content (AvgIpc) is 2.52. The lowest BCUT2D eigenvalue weighted by atomic mass is 9.95. The van der Waals surface area contributed by atoms with Gasteiger partial charge < -0.3 is 10.6 Å². The van der Waals surface area contributed by atoms with Gasteiger partial charge in [-0.1, -0.05) is 49.6 Å². The number of benzene rings is 1. The van der Waals surface area contributed by atoms with Gasteiger partial charge in [-0.15, -0.1) is 0 Å². The van der Waals surface area contributed by atoms with Gasteiger partial charge in [0.15, 0.2) is 0 Å². The summed E-state index contributed by atoms with van der Waals surface area (Å²) in [5.41, 5.74) is 1.34. The Morgan fingerprint density at radius 1 is 1.10 bits per heavy atom. The van der Waals surface area contributed by atoms with Crippen molar-refractivity contribution >= 4 is 5.91 Å². The molecule has 0 saturated heterocycles. The Morgan fingerprint density at radius 2 is 1.85 bits per heavy atom. The van der Waals surface area contributed by atoms with Gasteiger partial charge in [0.1, 0.15) is 0 Å². The molecule has 2 N–H and O–H groups in total. The van der Waals surface area contributed by atoms with Crippen LogP contribution < -0.4 is 10.6 Å². The molecule has 0 aliphatic heterocycles. The fourth-order valence-electron chi connectivity index (χ4n) is 2.77. The van der Waals surface area contributed by atoms with Crippen LogP contribution in [-0.2, 0) is 11.2 Å². The number of hydrogen-bond donors (Lipinski definition) is 2. The second kappa shape index (κ2) is 8.75. The van der Waals surface area contributed by atoms with Crippen molar-refractivity contribution in [3.05, 3.63) is 35.9 Å². The number of nitrogens with one attached hydrogen (secondary N) is 2. The van der Waals surface area contributed by atoms with E-state index in [0.717, 1.165) is 19.4 Å². The van der Waals surface area contributed by atoms with Crippen LogP contribution in [-0.4, -0.2) is 25.0 Å². The van der Waals surface area contributed by atoms with Crippen LogP contribution in [0.1, 0.15) is 44.1 Å². The number of carbonyl (C=O) groups excluding carboxylic acids is 1. The van der Waals surface area contributed by atoms with Crippen LogP contribution in [0.4, 0.5) is 0 Å². The van der Waals surface area contributed by atoms with Crippen molar-refractivity contribution in [2.45, 2.75) is 51.0 Å². The lowest BCUT2D eigenvalue weighted by Gasteiger charge is -2.22. The number of carbonyl (C=O) groups is 1. The van der Waals surface area contributed by atoms with E-state index in [9.17, 15) is 4.79 Å². The minimum atomic E-state index is 0.128. The van der Waals surface area contributed by atoms with E-state index in [1.54, 1.807) is 0 Å². The number of rotatable bonds is 7. The van der Waals surface area contributed by atoms with Crippen LogP contribution in [0.5, 0.6) is 0 Å². The zero-order valence-electron chi connectivity index (χ0n) is 12.2. The van der Waals surface area contributed by atoms with Gasteiger partial charge in [0, 0.05) is 12.6 Å². The minimum absolute atomic E-state index is 0.128. The highest BCUT2D eigenvalue weighted by atomic mass is 16.1. The molecule has 1 saturated carbocycles. The molecular weight excluding hydrogens is 248 g/mol. The SMILES string of the molecule is O=C(CNC1CCCCC1)NCCCc1ccccc1. The largest absolute Gasteiger partial charge is 0.355 e. The van der Waals surface area contributed by atoms with E-state index in [4.69, 9.17) is 0 Å². The Balaban J connectivity index is 1.51. The van der Waals surface area contributed by atoms with Crippen molar-refractivity contribution in [3.63, 3.8) is 0 Å². The first kappa shape index (κ1) is 15.0. The molecule has 0 bridgehead atoms. The molecule has 1 aliphatic rings. The maximum absolute atomic E-state index is 11.7. The molecule has 1 fully saturated rings. The molecule has 20 heavy (non-hydrogen) atoms. The van der Waals surface area contributed by atoms with Gasteiger partial charge in [0.2, 0.25) is 5.91 Å². The molecule has 110 valence electrons. The summed E-state index contributed by atoms with van der Waals surface area (Å²) >= 11 is 0. The average molecular weight is 274 g/mol. The fourth-order valence-corrected chi connectivity index (χ4v) is 2.77. The third-order valence-corrected chi connectivity index (χ3v) is 3.96. The van der Waals surface area contributed by atoms with Crippen molar-refractivity contribution in [3.8, 4) is 0 Å². The maximum Gasteiger partial charge on any atom is 0.233 e. The van der Waals surface area contributed by atoms with Crippen LogP contribution in [0.25, 0.3) is 0 Å². The highest BCUT2D eigenvalue weighted by Crippen LogP contribution is 2.16. The number of amides is 1. The highest BCUT2D eigenvalue weighted by molar-refractivity contribution is 5.77. The molecule has 0 radical (unpaired) electrons. The van der Waals surface area contributed by atoms with Gasteiger partial charge in [-0.3, -0.25) is 4.79 Å². The Morgan fingerprint density at radius 3 is 2.60 bits per heavy atom. The van der Waals surface area contributed by atoms with Crippen molar-refractivity contribution in [2.24, 2.45) is 0 Å². The molecule has 1 amide bonds. The van der Waals surface area contributed by atoms with E-state index >= 15 is 0 Å². The summed E-state index contributed by atoms with van der Waals surface area (Å²) in [6, 6.07) is 11.0. The van der Waals surface area contributed by atoms with Crippen LogP contribution in [0.3, 0.4) is 0 Å². The molecule has 1 aliphatic carbocycles. The van der Waals surface area contributed by atoms with Crippen molar-refractivity contribution in [1.29, 1.82) is 0 Å². The lowest BCUT2D eigenvalue weighted by molar-refractivity contribution is -0.120. The molecule has 3 nitrogen and oxygen atoms in total. The van der Waals surface area contributed by atoms with Gasteiger partial charge in [-0.25, -0.2) is 0 Å². The molecule has 1 aromatic carbocycles. The molecule has 0 aromatic heterocycles. The topological polar surface area (TPSA) is 41.1 Å². The highest BCUT2D eigenvalue weighted by Gasteiger charge is 2.13. The Hall–Kier alpha value is -1.35. The van der Waals surface area contributed by atoms with E-state index in [1.807, 2.05) is 6.07 Å². The first-order valence-corrected chi connectivity index (χ1v) is 7.88. The Labute approximate surface area is 122 Å². The predicted octanol–water partition coefficient (Wildman–Crippen LogP) is 2.66. The predicted molar refractivity (Wildman–Crippen MR) is 82.6 cm³/mol. The molecule has 3 heteroatoms. The first-order valence-electron chi connectivity index (χ1n) is 7.88. The van der Waals surface area contributed by atoms with Crippen molar-refractivity contribution in [1.82, 2.24) is 10.6 Å². The lowest BCUT2D eigenvalue weighted by Crippen LogP contribution is -2.40. The van der Waals surface area contributed by atoms with E-state index in [1.165, 1.54) is 37.7 Å². The van der Waals surface area contributed by atoms with E-state index < -0.39 is 0 Å². The summed E-state index contributed by atoms with van der Waals surface area (Å²) < 4.78 is 0. The molecule has 1 aromatic rings. The second-order valence-corrected chi connectivity index (χ2v) is 5.65. The molecule has 0 atom stereocenters. The summed E-state index contributed by atoms with van der Waals surface area (Å²) in [5.74, 6) is 0.128. The zero-order chi connectivity index (χ0) is 14.0. The van der Waals surface area contributed by atoms with Gasteiger partial charge in [-0.2, -0.15) is 0 Å². The van der Waals surface area contributed by atoms with E-state index in [0.29, 0.717) is 12.6 Å². The summed E-state index contributed by atoms with van der Waals surface area (Å²) in [6.45, 7) is 1.23. The monoisotopic (exact) mass is 274 g/mol. The van der Waals surface area contributed by atoms with Crippen LogP contribution in [0.15, 0.2) is 30.3 Å². The first-order chi connectivity index (χ1) is 9.84. The van der Waals surface area contributed by atoms with E-state index in [-0.39, 0.29) is 5.91 Å². The van der Waals surface area contributed by atoms with Crippen LogP contribution >= 0.6 is 0 Å². The van der Waals surface area contributed by atoms with Gasteiger partial charge in [0.05, 0.1) is 6.54 Å². The molecule has 0 unspecified atom stereocenters. The zero-order valence-corrected chi connectivity index (χ0v) is 12.2. The third kappa shape index (κ3) is 5.74. The van der Waals surface area contributed by atoms with Gasteiger partial charge in [0.25, 0.3) is 0 Å². The summed E-state index contributed by atoms with van der Waals surface area (Å²) in [4.78, 5) is 11.7. The smallest absolute Gasteiger partial charge is 0.233 e.